The molecular formula is C13H10F3N3O2. The Morgan fingerprint density at radius 2 is 1.81 bits per heavy atom. The molecule has 0 aliphatic rings. The second-order valence-corrected chi connectivity index (χ2v) is 3.98. The van der Waals surface area contributed by atoms with Crippen LogP contribution in [0.3, 0.4) is 0 Å². The fourth-order valence-electron chi connectivity index (χ4n) is 1.49. The van der Waals surface area contributed by atoms with Crippen molar-refractivity contribution >= 4 is 17.5 Å². The van der Waals surface area contributed by atoms with Crippen LogP contribution in [0.2, 0.25) is 0 Å². The summed E-state index contributed by atoms with van der Waals surface area (Å²) in [7, 11) is 1.22. The van der Waals surface area contributed by atoms with Gasteiger partial charge in [-0.2, -0.15) is 13.2 Å². The van der Waals surface area contributed by atoms with E-state index < -0.39 is 17.7 Å². The molecule has 0 aliphatic heterocycles. The van der Waals surface area contributed by atoms with Gasteiger partial charge in [-0.1, -0.05) is 0 Å². The van der Waals surface area contributed by atoms with Gasteiger partial charge >= 0.3 is 12.1 Å². The van der Waals surface area contributed by atoms with E-state index in [2.05, 4.69) is 20.0 Å². The van der Waals surface area contributed by atoms with Crippen molar-refractivity contribution in [3.05, 3.63) is 47.9 Å². The predicted molar refractivity (Wildman–Crippen MR) is 68.1 cm³/mol. The Morgan fingerprint density at radius 3 is 2.29 bits per heavy atom. The van der Waals surface area contributed by atoms with Gasteiger partial charge in [-0.05, 0) is 24.3 Å². The van der Waals surface area contributed by atoms with Gasteiger partial charge < -0.3 is 10.1 Å². The molecule has 1 aromatic carbocycles. The SMILES string of the molecule is COC(=O)c1cnc(Nc2ccc(C(F)(F)F)cc2)cn1. The van der Waals surface area contributed by atoms with E-state index in [0.29, 0.717) is 11.5 Å². The lowest BCUT2D eigenvalue weighted by Gasteiger charge is -2.09. The number of nitrogens with zero attached hydrogens (tertiary/aromatic N) is 2. The lowest BCUT2D eigenvalue weighted by atomic mass is 10.2. The standard InChI is InChI=1S/C13H10F3N3O2/c1-21-12(20)10-6-18-11(7-17-10)19-9-4-2-8(3-5-9)13(14,15)16/h2-7H,1H3,(H,18,19). The molecule has 0 bridgehead atoms. The van der Waals surface area contributed by atoms with E-state index >= 15 is 0 Å². The number of aromatic nitrogens is 2. The zero-order chi connectivity index (χ0) is 15.5. The van der Waals surface area contributed by atoms with E-state index in [1.807, 2.05) is 0 Å². The van der Waals surface area contributed by atoms with Gasteiger partial charge in [-0.15, -0.1) is 0 Å². The van der Waals surface area contributed by atoms with Gasteiger partial charge in [0.15, 0.2) is 5.69 Å². The van der Waals surface area contributed by atoms with Gasteiger partial charge in [0.25, 0.3) is 0 Å². The van der Waals surface area contributed by atoms with Crippen molar-refractivity contribution in [2.75, 3.05) is 12.4 Å². The smallest absolute Gasteiger partial charge is 0.416 e. The minimum atomic E-state index is -4.37. The van der Waals surface area contributed by atoms with Crippen LogP contribution in [0.1, 0.15) is 16.1 Å². The molecule has 0 saturated carbocycles. The van der Waals surface area contributed by atoms with Crippen molar-refractivity contribution in [3.63, 3.8) is 0 Å². The molecule has 0 spiro atoms. The Hall–Kier alpha value is -2.64. The molecule has 1 heterocycles. The quantitative estimate of drug-likeness (QED) is 0.882. The Labute approximate surface area is 117 Å². The van der Waals surface area contributed by atoms with Crippen molar-refractivity contribution in [1.29, 1.82) is 0 Å². The Morgan fingerprint density at radius 1 is 1.14 bits per heavy atom. The van der Waals surface area contributed by atoms with Crippen molar-refractivity contribution in [2.24, 2.45) is 0 Å². The maximum absolute atomic E-state index is 12.4. The molecule has 1 aromatic heterocycles. The highest BCUT2D eigenvalue weighted by Gasteiger charge is 2.29. The summed E-state index contributed by atoms with van der Waals surface area (Å²) in [5.74, 6) is -0.328. The first-order valence-electron chi connectivity index (χ1n) is 5.75. The molecule has 2 rings (SSSR count). The van der Waals surface area contributed by atoms with Gasteiger partial charge in [0.05, 0.1) is 25.1 Å². The third-order valence-electron chi connectivity index (χ3n) is 2.53. The van der Waals surface area contributed by atoms with Crippen molar-refractivity contribution in [2.45, 2.75) is 6.18 Å². The maximum atomic E-state index is 12.4. The molecule has 0 amide bonds. The van der Waals surface area contributed by atoms with Gasteiger partial charge in [0.2, 0.25) is 0 Å². The first-order chi connectivity index (χ1) is 9.90. The third-order valence-corrected chi connectivity index (χ3v) is 2.53. The number of carbonyl (C=O) groups excluding carboxylic acids is 1. The topological polar surface area (TPSA) is 64.1 Å². The zero-order valence-electron chi connectivity index (χ0n) is 10.8. The van der Waals surface area contributed by atoms with Crippen molar-refractivity contribution in [1.82, 2.24) is 9.97 Å². The summed E-state index contributed by atoms with van der Waals surface area (Å²) in [4.78, 5) is 18.9. The summed E-state index contributed by atoms with van der Waals surface area (Å²) >= 11 is 0. The Kier molecular flexibility index (Phi) is 4.06. The van der Waals surface area contributed by atoms with Crippen molar-refractivity contribution < 1.29 is 22.7 Å². The third kappa shape index (κ3) is 3.68. The molecular weight excluding hydrogens is 287 g/mol. The summed E-state index contributed by atoms with van der Waals surface area (Å²) in [6, 6.07) is 4.47. The van der Waals surface area contributed by atoms with E-state index in [-0.39, 0.29) is 5.69 Å². The molecule has 0 radical (unpaired) electrons. The second-order valence-electron chi connectivity index (χ2n) is 3.98. The van der Waals surface area contributed by atoms with Crippen LogP contribution in [0.25, 0.3) is 0 Å². The minimum absolute atomic E-state index is 0.0375. The van der Waals surface area contributed by atoms with Gasteiger partial charge in [-0.25, -0.2) is 14.8 Å². The van der Waals surface area contributed by atoms with E-state index in [0.717, 1.165) is 12.1 Å². The normalized spacial score (nSPS) is 11.0. The molecule has 110 valence electrons. The maximum Gasteiger partial charge on any atom is 0.416 e. The first-order valence-corrected chi connectivity index (χ1v) is 5.75. The molecule has 2 aromatic rings. The zero-order valence-corrected chi connectivity index (χ0v) is 10.8. The highest BCUT2D eigenvalue weighted by Crippen LogP contribution is 2.30. The highest BCUT2D eigenvalue weighted by molar-refractivity contribution is 5.86. The van der Waals surface area contributed by atoms with E-state index in [4.69, 9.17) is 0 Å². The molecule has 0 saturated heterocycles. The monoisotopic (exact) mass is 297 g/mol. The fraction of sp³-hybridized carbons (Fsp3) is 0.154. The molecule has 5 nitrogen and oxygen atoms in total. The average Bonchev–Trinajstić information content (AvgIpc) is 2.47. The fourth-order valence-corrected chi connectivity index (χ4v) is 1.49. The van der Waals surface area contributed by atoms with Crippen LogP contribution >= 0.6 is 0 Å². The van der Waals surface area contributed by atoms with Crippen LogP contribution < -0.4 is 5.32 Å². The summed E-state index contributed by atoms with van der Waals surface area (Å²) < 4.78 is 41.7. The van der Waals surface area contributed by atoms with Crippen LogP contribution in [-0.2, 0) is 10.9 Å². The molecule has 0 aliphatic carbocycles. The number of esters is 1. The number of carbonyl (C=O) groups is 1. The number of hydrogen-bond donors (Lipinski definition) is 1. The van der Waals surface area contributed by atoms with Crippen LogP contribution in [0.15, 0.2) is 36.7 Å². The number of hydrogen-bond acceptors (Lipinski definition) is 5. The minimum Gasteiger partial charge on any atom is -0.464 e. The highest BCUT2D eigenvalue weighted by atomic mass is 19.4. The lowest BCUT2D eigenvalue weighted by molar-refractivity contribution is -0.137. The molecule has 0 unspecified atom stereocenters. The number of alkyl halides is 3. The number of ether oxygens (including phenoxy) is 1. The molecule has 0 fully saturated rings. The van der Waals surface area contributed by atoms with Gasteiger partial charge in [0, 0.05) is 5.69 Å². The number of rotatable bonds is 3. The Bertz CT molecular complexity index is 625. The van der Waals surface area contributed by atoms with E-state index in [1.54, 1.807) is 0 Å². The summed E-state index contributed by atoms with van der Waals surface area (Å²) in [6.45, 7) is 0. The number of anilines is 2. The van der Waals surface area contributed by atoms with E-state index in [1.165, 1.54) is 31.6 Å². The van der Waals surface area contributed by atoms with Crippen LogP contribution in [-0.4, -0.2) is 23.0 Å². The lowest BCUT2D eigenvalue weighted by Crippen LogP contribution is -2.06. The number of halogens is 3. The van der Waals surface area contributed by atoms with E-state index in [9.17, 15) is 18.0 Å². The second kappa shape index (κ2) is 5.78. The van der Waals surface area contributed by atoms with Crippen LogP contribution in [0.5, 0.6) is 0 Å². The summed E-state index contributed by atoms with van der Waals surface area (Å²) in [6.07, 6.45) is -1.89. The van der Waals surface area contributed by atoms with Crippen LogP contribution in [0.4, 0.5) is 24.7 Å². The molecule has 21 heavy (non-hydrogen) atoms. The number of benzene rings is 1. The van der Waals surface area contributed by atoms with Gasteiger partial charge in [-0.3, -0.25) is 0 Å². The number of nitrogens with one attached hydrogen (secondary N) is 1. The molecule has 1 N–H and O–H groups in total. The molecule has 0 atom stereocenters. The first kappa shape index (κ1) is 14.8. The average molecular weight is 297 g/mol. The largest absolute Gasteiger partial charge is 0.464 e. The van der Waals surface area contributed by atoms with Crippen LogP contribution in [0, 0.1) is 0 Å². The summed E-state index contributed by atoms with van der Waals surface area (Å²) in [5, 5.41) is 2.77. The Balaban J connectivity index is 2.10. The van der Waals surface area contributed by atoms with Gasteiger partial charge in [0.1, 0.15) is 5.82 Å². The van der Waals surface area contributed by atoms with Crippen molar-refractivity contribution in [3.8, 4) is 0 Å². The summed E-state index contributed by atoms with van der Waals surface area (Å²) in [5.41, 5.74) is -0.279. The molecule has 8 heteroatoms. The number of methoxy groups -OCH3 is 1. The predicted octanol–water partition coefficient (Wildman–Crippen LogP) is 3.03.